The SMILES string of the molecule is Cc1[nH]c2ccc(F)cc2c1CC(=O)N(Cc1ccccn1)c1ccc(F)cc1F. The third-order valence-electron chi connectivity index (χ3n) is 4.96. The highest BCUT2D eigenvalue weighted by atomic mass is 19.1. The molecule has 0 atom stereocenters. The van der Waals surface area contributed by atoms with Gasteiger partial charge in [-0.15, -0.1) is 0 Å². The molecule has 0 aliphatic rings. The van der Waals surface area contributed by atoms with Crippen molar-refractivity contribution in [2.75, 3.05) is 4.90 Å². The minimum absolute atomic E-state index is 0.0119. The molecule has 0 bridgehead atoms. The molecular formula is C23H18F3N3O. The average molecular weight is 409 g/mol. The van der Waals surface area contributed by atoms with Gasteiger partial charge in [-0.3, -0.25) is 9.78 Å². The topological polar surface area (TPSA) is 49.0 Å². The highest BCUT2D eigenvalue weighted by Crippen LogP contribution is 2.27. The summed E-state index contributed by atoms with van der Waals surface area (Å²) in [6, 6.07) is 12.6. The molecule has 1 amide bonds. The normalized spacial score (nSPS) is 11.1. The molecule has 2 aromatic carbocycles. The number of nitrogens with zero attached hydrogens (tertiary/aromatic N) is 2. The predicted octanol–water partition coefficient (Wildman–Crippen LogP) is 5.06. The second-order valence-electron chi connectivity index (χ2n) is 6.99. The number of H-pyrrole nitrogens is 1. The fourth-order valence-corrected chi connectivity index (χ4v) is 3.49. The number of halogens is 3. The largest absolute Gasteiger partial charge is 0.358 e. The number of fused-ring (bicyclic) bond motifs is 1. The van der Waals surface area contributed by atoms with Gasteiger partial charge in [0.15, 0.2) is 0 Å². The zero-order valence-corrected chi connectivity index (χ0v) is 16.1. The van der Waals surface area contributed by atoms with E-state index in [1.165, 1.54) is 23.1 Å². The molecule has 4 nitrogen and oxygen atoms in total. The lowest BCUT2D eigenvalue weighted by atomic mass is 10.1. The molecule has 7 heteroatoms. The number of carbonyl (C=O) groups excluding carboxylic acids is 1. The van der Waals surface area contributed by atoms with Crippen molar-refractivity contribution in [1.29, 1.82) is 0 Å². The molecule has 2 aromatic heterocycles. The van der Waals surface area contributed by atoms with E-state index < -0.39 is 23.4 Å². The Morgan fingerprint density at radius 3 is 2.53 bits per heavy atom. The lowest BCUT2D eigenvalue weighted by Crippen LogP contribution is -2.33. The molecular weight excluding hydrogens is 391 g/mol. The van der Waals surface area contributed by atoms with Gasteiger partial charge in [-0.2, -0.15) is 0 Å². The molecule has 0 aliphatic heterocycles. The van der Waals surface area contributed by atoms with Crippen LogP contribution in [-0.2, 0) is 17.8 Å². The summed E-state index contributed by atoms with van der Waals surface area (Å²) in [7, 11) is 0. The van der Waals surface area contributed by atoms with Crippen molar-refractivity contribution in [2.45, 2.75) is 19.9 Å². The Kier molecular flexibility index (Phi) is 5.27. The molecule has 0 radical (unpaired) electrons. The fourth-order valence-electron chi connectivity index (χ4n) is 3.49. The van der Waals surface area contributed by atoms with Crippen LogP contribution in [0, 0.1) is 24.4 Å². The Labute approximate surface area is 171 Å². The van der Waals surface area contributed by atoms with Crippen LogP contribution in [0.15, 0.2) is 60.8 Å². The summed E-state index contributed by atoms with van der Waals surface area (Å²) >= 11 is 0. The van der Waals surface area contributed by atoms with Crippen molar-refractivity contribution in [1.82, 2.24) is 9.97 Å². The Morgan fingerprint density at radius 1 is 1.03 bits per heavy atom. The number of hydrogen-bond donors (Lipinski definition) is 1. The van der Waals surface area contributed by atoms with Gasteiger partial charge in [0.1, 0.15) is 17.5 Å². The van der Waals surface area contributed by atoms with Gasteiger partial charge in [0.25, 0.3) is 0 Å². The van der Waals surface area contributed by atoms with Crippen LogP contribution in [-0.4, -0.2) is 15.9 Å². The second kappa shape index (κ2) is 8.02. The van der Waals surface area contributed by atoms with Crippen molar-refractivity contribution in [3.05, 3.63) is 95.2 Å². The summed E-state index contributed by atoms with van der Waals surface area (Å²) in [5.41, 5.74) is 2.57. The first-order valence-corrected chi connectivity index (χ1v) is 9.34. The number of aryl methyl sites for hydroxylation is 1. The number of aromatic nitrogens is 2. The maximum absolute atomic E-state index is 14.5. The summed E-state index contributed by atoms with van der Waals surface area (Å²) in [6.45, 7) is 1.81. The van der Waals surface area contributed by atoms with Crippen molar-refractivity contribution in [3.63, 3.8) is 0 Å². The monoisotopic (exact) mass is 409 g/mol. The number of carbonyl (C=O) groups is 1. The first-order chi connectivity index (χ1) is 14.4. The molecule has 152 valence electrons. The summed E-state index contributed by atoms with van der Waals surface area (Å²) in [5, 5.41) is 0.596. The van der Waals surface area contributed by atoms with Crippen LogP contribution in [0.2, 0.25) is 0 Å². The molecule has 0 unspecified atom stereocenters. The number of pyridine rings is 1. The van der Waals surface area contributed by atoms with E-state index in [4.69, 9.17) is 0 Å². The zero-order chi connectivity index (χ0) is 21.3. The first kappa shape index (κ1) is 19.7. The molecule has 0 spiro atoms. The quantitative estimate of drug-likeness (QED) is 0.501. The van der Waals surface area contributed by atoms with Crippen LogP contribution < -0.4 is 4.90 Å². The van der Waals surface area contributed by atoms with E-state index in [0.717, 1.165) is 17.8 Å². The van der Waals surface area contributed by atoms with Gasteiger partial charge < -0.3 is 9.88 Å². The van der Waals surface area contributed by atoms with E-state index in [1.807, 2.05) is 0 Å². The van der Waals surface area contributed by atoms with Gasteiger partial charge in [-0.05, 0) is 55.0 Å². The Hall–Kier alpha value is -3.61. The molecule has 2 heterocycles. The zero-order valence-electron chi connectivity index (χ0n) is 16.1. The van der Waals surface area contributed by atoms with Gasteiger partial charge in [-0.25, -0.2) is 13.2 Å². The van der Waals surface area contributed by atoms with Gasteiger partial charge >= 0.3 is 0 Å². The molecule has 0 saturated heterocycles. The number of anilines is 1. The number of rotatable bonds is 5. The molecule has 1 N–H and O–H groups in total. The minimum atomic E-state index is -0.846. The molecule has 0 aliphatic carbocycles. The number of hydrogen-bond acceptors (Lipinski definition) is 2. The summed E-state index contributed by atoms with van der Waals surface area (Å²) in [6.07, 6.45) is 1.49. The lowest BCUT2D eigenvalue weighted by molar-refractivity contribution is -0.118. The third-order valence-corrected chi connectivity index (χ3v) is 4.96. The molecule has 4 aromatic rings. The van der Waals surface area contributed by atoms with Gasteiger partial charge in [-0.1, -0.05) is 6.07 Å². The minimum Gasteiger partial charge on any atom is -0.358 e. The predicted molar refractivity (Wildman–Crippen MR) is 108 cm³/mol. The van der Waals surface area contributed by atoms with Gasteiger partial charge in [0.2, 0.25) is 5.91 Å². The molecule has 4 rings (SSSR count). The highest BCUT2D eigenvalue weighted by molar-refractivity contribution is 5.98. The van der Waals surface area contributed by atoms with Crippen molar-refractivity contribution < 1.29 is 18.0 Å². The standard InChI is InChI=1S/C23H18F3N3O/c1-14-18(19-10-15(24)5-7-21(19)28-14)12-23(30)29(13-17-4-2-3-9-27-17)22-8-6-16(25)11-20(22)26/h2-11,28H,12-13H2,1H3. The average Bonchev–Trinajstić information content (AvgIpc) is 3.02. The summed E-state index contributed by atoms with van der Waals surface area (Å²) in [4.78, 5) is 21.8. The Morgan fingerprint density at radius 2 is 1.80 bits per heavy atom. The number of nitrogens with one attached hydrogen (secondary N) is 1. The van der Waals surface area contributed by atoms with Crippen LogP contribution in [0.25, 0.3) is 10.9 Å². The van der Waals surface area contributed by atoms with Crippen LogP contribution in [0.5, 0.6) is 0 Å². The highest BCUT2D eigenvalue weighted by Gasteiger charge is 2.23. The van der Waals surface area contributed by atoms with E-state index in [-0.39, 0.29) is 18.7 Å². The van der Waals surface area contributed by atoms with E-state index in [0.29, 0.717) is 22.2 Å². The van der Waals surface area contributed by atoms with Crippen LogP contribution in [0.3, 0.4) is 0 Å². The van der Waals surface area contributed by atoms with E-state index in [9.17, 15) is 18.0 Å². The van der Waals surface area contributed by atoms with Crippen molar-refractivity contribution in [3.8, 4) is 0 Å². The number of amides is 1. The fraction of sp³-hybridized carbons (Fsp3) is 0.130. The molecule has 30 heavy (non-hydrogen) atoms. The van der Waals surface area contributed by atoms with Crippen LogP contribution in [0.1, 0.15) is 17.0 Å². The summed E-state index contributed by atoms with van der Waals surface area (Å²) in [5.74, 6) is -2.41. The smallest absolute Gasteiger partial charge is 0.231 e. The van der Waals surface area contributed by atoms with E-state index in [1.54, 1.807) is 37.4 Å². The van der Waals surface area contributed by atoms with Crippen molar-refractivity contribution >= 4 is 22.5 Å². The molecule has 0 fully saturated rings. The second-order valence-corrected chi connectivity index (χ2v) is 6.99. The third kappa shape index (κ3) is 3.91. The van der Waals surface area contributed by atoms with Crippen molar-refractivity contribution in [2.24, 2.45) is 0 Å². The van der Waals surface area contributed by atoms with E-state index >= 15 is 0 Å². The maximum Gasteiger partial charge on any atom is 0.231 e. The number of aromatic amines is 1. The van der Waals surface area contributed by atoms with Gasteiger partial charge in [0.05, 0.1) is 24.3 Å². The Balaban J connectivity index is 1.72. The number of benzene rings is 2. The molecule has 0 saturated carbocycles. The van der Waals surface area contributed by atoms with Gasteiger partial charge in [0, 0.05) is 28.9 Å². The lowest BCUT2D eigenvalue weighted by Gasteiger charge is -2.23. The van der Waals surface area contributed by atoms with E-state index in [2.05, 4.69) is 9.97 Å². The maximum atomic E-state index is 14.5. The van der Waals surface area contributed by atoms with Crippen LogP contribution >= 0.6 is 0 Å². The van der Waals surface area contributed by atoms with Crippen LogP contribution in [0.4, 0.5) is 18.9 Å². The summed E-state index contributed by atoms with van der Waals surface area (Å²) < 4.78 is 41.7. The Bertz CT molecular complexity index is 1220. The first-order valence-electron chi connectivity index (χ1n) is 9.34.